The van der Waals surface area contributed by atoms with Crippen molar-refractivity contribution in [2.45, 2.75) is 6.42 Å². The number of likely N-dealkylation sites (tertiary alicyclic amines) is 1. The summed E-state index contributed by atoms with van der Waals surface area (Å²) in [6.45, 7) is 1.35. The van der Waals surface area contributed by atoms with Gasteiger partial charge in [0.1, 0.15) is 5.75 Å². The summed E-state index contributed by atoms with van der Waals surface area (Å²) in [6, 6.07) is 6.76. The van der Waals surface area contributed by atoms with E-state index in [1.54, 1.807) is 35.4 Å². The van der Waals surface area contributed by atoms with E-state index in [1.807, 2.05) is 0 Å². The molecule has 1 amide bonds. The summed E-state index contributed by atoms with van der Waals surface area (Å²) in [5.41, 5.74) is -0.474. The predicted octanol–water partition coefficient (Wildman–Crippen LogP) is 1.83. The maximum Gasteiger partial charge on any atom is 0.311 e. The largest absolute Gasteiger partial charge is 0.481 e. The first kappa shape index (κ1) is 17.4. The van der Waals surface area contributed by atoms with E-state index in [-0.39, 0.29) is 18.4 Å². The minimum atomic E-state index is -0.915. The third kappa shape index (κ3) is 3.23. The van der Waals surface area contributed by atoms with Gasteiger partial charge in [0.2, 0.25) is 5.88 Å². The highest BCUT2D eigenvalue weighted by atomic mass is 16.5. The van der Waals surface area contributed by atoms with E-state index < -0.39 is 11.4 Å². The smallest absolute Gasteiger partial charge is 0.311 e. The normalized spacial score (nSPS) is 24.3. The lowest BCUT2D eigenvalue weighted by molar-refractivity contribution is -0.157. The molecule has 2 atom stereocenters. The average molecular weight is 369 g/mol. The van der Waals surface area contributed by atoms with Crippen LogP contribution in [-0.4, -0.2) is 58.2 Å². The van der Waals surface area contributed by atoms with Crippen molar-refractivity contribution < 1.29 is 24.2 Å². The van der Waals surface area contributed by atoms with Crippen molar-refractivity contribution >= 4 is 11.9 Å². The molecule has 0 aliphatic carbocycles. The Morgan fingerprint density at radius 2 is 2.22 bits per heavy atom. The molecule has 140 valence electrons. The monoisotopic (exact) mass is 369 g/mol. The highest BCUT2D eigenvalue weighted by Gasteiger charge is 2.54. The quantitative estimate of drug-likeness (QED) is 0.877. The van der Waals surface area contributed by atoms with E-state index in [1.165, 1.54) is 12.4 Å². The van der Waals surface area contributed by atoms with Crippen LogP contribution in [0.2, 0.25) is 0 Å². The number of amides is 1. The number of ether oxygens (including phenoxy) is 2. The number of aromatic nitrogens is 2. The first-order chi connectivity index (χ1) is 13.1. The van der Waals surface area contributed by atoms with Crippen LogP contribution < -0.4 is 4.74 Å². The van der Waals surface area contributed by atoms with E-state index in [2.05, 4.69) is 9.97 Å². The van der Waals surface area contributed by atoms with E-state index in [4.69, 9.17) is 9.47 Å². The van der Waals surface area contributed by atoms with Crippen LogP contribution in [0.25, 0.3) is 0 Å². The van der Waals surface area contributed by atoms with E-state index in [9.17, 15) is 14.7 Å². The van der Waals surface area contributed by atoms with Crippen LogP contribution in [0.4, 0.5) is 0 Å². The first-order valence-electron chi connectivity index (χ1n) is 8.73. The number of carboxylic acids is 1. The predicted molar refractivity (Wildman–Crippen MR) is 93.4 cm³/mol. The summed E-state index contributed by atoms with van der Waals surface area (Å²) in [7, 11) is 0. The van der Waals surface area contributed by atoms with Gasteiger partial charge in [0.25, 0.3) is 5.91 Å². The number of benzene rings is 1. The number of aliphatic carboxylic acids is 1. The van der Waals surface area contributed by atoms with Gasteiger partial charge in [0.15, 0.2) is 0 Å². The fourth-order valence-corrected chi connectivity index (χ4v) is 3.79. The number of rotatable bonds is 4. The summed E-state index contributed by atoms with van der Waals surface area (Å²) in [5.74, 6) is -0.460. The Kier molecular flexibility index (Phi) is 4.49. The standard InChI is InChI=1S/C19H19N3O5/c23-17(22-10-14-11-26-7-4-19(14,12-22)18(24)25)13-2-1-3-15(8-13)27-16-9-20-5-6-21-16/h1-3,5-6,8-9,14H,4,7,10-12H2,(H,24,25)/t14-,19+/m0/s1. The van der Waals surface area contributed by atoms with Gasteiger partial charge in [-0.2, -0.15) is 0 Å². The second kappa shape index (κ2) is 6.96. The summed E-state index contributed by atoms with van der Waals surface area (Å²) in [4.78, 5) is 34.4. The van der Waals surface area contributed by atoms with Crippen molar-refractivity contribution in [1.29, 1.82) is 0 Å². The minimum Gasteiger partial charge on any atom is -0.481 e. The van der Waals surface area contributed by atoms with Gasteiger partial charge in [0.05, 0.1) is 18.2 Å². The van der Waals surface area contributed by atoms with Crippen molar-refractivity contribution in [2.75, 3.05) is 26.3 Å². The van der Waals surface area contributed by atoms with Crippen molar-refractivity contribution in [3.05, 3.63) is 48.4 Å². The van der Waals surface area contributed by atoms with Gasteiger partial charge in [-0.3, -0.25) is 14.6 Å². The van der Waals surface area contributed by atoms with Crippen LogP contribution in [0.15, 0.2) is 42.9 Å². The molecule has 0 bridgehead atoms. The molecule has 4 rings (SSSR count). The van der Waals surface area contributed by atoms with Crippen molar-refractivity contribution in [2.24, 2.45) is 11.3 Å². The number of hydrogen-bond acceptors (Lipinski definition) is 6. The summed E-state index contributed by atoms with van der Waals surface area (Å²) >= 11 is 0. The molecule has 1 aromatic carbocycles. The Morgan fingerprint density at radius 3 is 2.96 bits per heavy atom. The Hall–Kier alpha value is -3.00. The number of fused-ring (bicyclic) bond motifs is 1. The molecule has 2 aromatic rings. The molecular formula is C19H19N3O5. The summed E-state index contributed by atoms with van der Waals surface area (Å²) in [6.07, 6.45) is 4.97. The van der Waals surface area contributed by atoms with Crippen molar-refractivity contribution in [3.8, 4) is 11.6 Å². The van der Waals surface area contributed by atoms with Gasteiger partial charge >= 0.3 is 5.97 Å². The number of hydrogen-bond donors (Lipinski definition) is 1. The Balaban J connectivity index is 1.53. The SMILES string of the molecule is O=C(c1cccc(Oc2cnccn2)c1)N1C[C@H]2COCC[C@@]2(C(=O)O)C1. The highest BCUT2D eigenvalue weighted by molar-refractivity contribution is 5.95. The minimum absolute atomic E-state index is 0.188. The molecule has 2 fully saturated rings. The molecule has 8 nitrogen and oxygen atoms in total. The molecule has 0 radical (unpaired) electrons. The van der Waals surface area contributed by atoms with Crippen LogP contribution in [-0.2, 0) is 9.53 Å². The molecule has 2 saturated heterocycles. The third-order valence-corrected chi connectivity index (χ3v) is 5.26. The Bertz CT molecular complexity index is 859. The maximum absolute atomic E-state index is 13.0. The zero-order chi connectivity index (χ0) is 18.9. The van der Waals surface area contributed by atoms with Gasteiger partial charge in [-0.25, -0.2) is 4.98 Å². The lowest BCUT2D eigenvalue weighted by atomic mass is 9.74. The topological polar surface area (TPSA) is 102 Å². The zero-order valence-corrected chi connectivity index (χ0v) is 14.6. The van der Waals surface area contributed by atoms with Crippen LogP contribution in [0, 0.1) is 11.3 Å². The molecule has 27 heavy (non-hydrogen) atoms. The maximum atomic E-state index is 13.0. The molecule has 0 spiro atoms. The van der Waals surface area contributed by atoms with Gasteiger partial charge < -0.3 is 19.5 Å². The zero-order valence-electron chi connectivity index (χ0n) is 14.6. The highest BCUT2D eigenvalue weighted by Crippen LogP contribution is 2.43. The summed E-state index contributed by atoms with van der Waals surface area (Å²) in [5, 5.41) is 9.75. The number of carbonyl (C=O) groups is 2. The molecule has 3 heterocycles. The van der Waals surface area contributed by atoms with Gasteiger partial charge in [-0.15, -0.1) is 0 Å². The fraction of sp³-hybridized carbons (Fsp3) is 0.368. The Morgan fingerprint density at radius 1 is 1.33 bits per heavy atom. The molecule has 2 aliphatic rings. The van der Waals surface area contributed by atoms with Gasteiger partial charge in [-0.05, 0) is 24.6 Å². The van der Waals surface area contributed by atoms with Gasteiger partial charge in [-0.1, -0.05) is 6.07 Å². The first-order valence-corrected chi connectivity index (χ1v) is 8.73. The summed E-state index contributed by atoms with van der Waals surface area (Å²) < 4.78 is 11.1. The fourth-order valence-electron chi connectivity index (χ4n) is 3.79. The average Bonchev–Trinajstić information content (AvgIpc) is 3.09. The molecule has 0 unspecified atom stereocenters. The molecule has 8 heteroatoms. The molecule has 2 aliphatic heterocycles. The second-order valence-corrected chi connectivity index (χ2v) is 6.84. The third-order valence-electron chi connectivity index (χ3n) is 5.26. The van der Waals surface area contributed by atoms with Crippen LogP contribution in [0.5, 0.6) is 11.6 Å². The molecule has 1 aromatic heterocycles. The number of carboxylic acid groups (broad SMARTS) is 1. The van der Waals surface area contributed by atoms with E-state index >= 15 is 0 Å². The molecule has 0 saturated carbocycles. The number of carbonyl (C=O) groups excluding carboxylic acids is 1. The number of nitrogens with zero attached hydrogens (tertiary/aromatic N) is 3. The van der Waals surface area contributed by atoms with Crippen molar-refractivity contribution in [3.63, 3.8) is 0 Å². The van der Waals surface area contributed by atoms with Gasteiger partial charge in [0, 0.05) is 43.6 Å². The van der Waals surface area contributed by atoms with Crippen LogP contribution in [0.1, 0.15) is 16.8 Å². The molecular weight excluding hydrogens is 350 g/mol. The van der Waals surface area contributed by atoms with Crippen LogP contribution in [0.3, 0.4) is 0 Å². The van der Waals surface area contributed by atoms with E-state index in [0.717, 1.165) is 0 Å². The molecule has 1 N–H and O–H groups in total. The van der Waals surface area contributed by atoms with Crippen molar-refractivity contribution in [1.82, 2.24) is 14.9 Å². The second-order valence-electron chi connectivity index (χ2n) is 6.84. The lowest BCUT2D eigenvalue weighted by Crippen LogP contribution is -2.45. The van der Waals surface area contributed by atoms with Crippen LogP contribution >= 0.6 is 0 Å². The van der Waals surface area contributed by atoms with E-state index in [0.29, 0.717) is 43.4 Å². The Labute approximate surface area is 155 Å². The lowest BCUT2D eigenvalue weighted by Gasteiger charge is -2.33.